The Morgan fingerprint density at radius 2 is 1.88 bits per heavy atom. The average molecular weight is 224 g/mol. The fourth-order valence-electron chi connectivity index (χ4n) is 3.75. The smallest absolute Gasteiger partial charge is 0.309 e. The van der Waals surface area contributed by atoms with Crippen molar-refractivity contribution in [3.63, 3.8) is 0 Å². The number of hydrogen-bond donors (Lipinski definition) is 0. The van der Waals surface area contributed by atoms with Crippen LogP contribution in [-0.2, 0) is 9.53 Å². The third-order valence-corrected chi connectivity index (χ3v) is 4.80. The van der Waals surface area contributed by atoms with Gasteiger partial charge in [0.05, 0.1) is 5.92 Å². The third kappa shape index (κ3) is 1.87. The van der Waals surface area contributed by atoms with Crippen LogP contribution in [0.4, 0.5) is 0 Å². The van der Waals surface area contributed by atoms with Crippen LogP contribution in [0.15, 0.2) is 0 Å². The first-order chi connectivity index (χ1) is 7.35. The van der Waals surface area contributed by atoms with Gasteiger partial charge < -0.3 is 4.74 Å². The molecule has 92 valence electrons. The number of esters is 1. The molecule has 1 heterocycles. The van der Waals surface area contributed by atoms with E-state index in [-0.39, 0.29) is 17.5 Å². The Morgan fingerprint density at radius 1 is 1.19 bits per heavy atom. The second kappa shape index (κ2) is 3.75. The van der Waals surface area contributed by atoms with Crippen molar-refractivity contribution in [1.82, 2.24) is 0 Å². The molecule has 2 aliphatic rings. The lowest BCUT2D eigenvalue weighted by atomic mass is 9.60. The Labute approximate surface area is 98.7 Å². The summed E-state index contributed by atoms with van der Waals surface area (Å²) < 4.78 is 5.81. The lowest BCUT2D eigenvalue weighted by molar-refractivity contribution is -0.175. The number of hydrogen-bond acceptors (Lipinski definition) is 2. The molecular weight excluding hydrogens is 200 g/mol. The van der Waals surface area contributed by atoms with Crippen LogP contribution in [-0.4, -0.2) is 11.6 Å². The highest BCUT2D eigenvalue weighted by molar-refractivity contribution is 5.72. The van der Waals surface area contributed by atoms with Crippen molar-refractivity contribution in [2.24, 2.45) is 17.3 Å². The molecule has 0 spiro atoms. The van der Waals surface area contributed by atoms with Gasteiger partial charge in [0, 0.05) is 5.92 Å². The van der Waals surface area contributed by atoms with Crippen molar-refractivity contribution < 1.29 is 9.53 Å². The number of carbonyl (C=O) groups excluding carboxylic acids is 1. The quantitative estimate of drug-likeness (QED) is 0.588. The summed E-state index contributed by atoms with van der Waals surface area (Å²) in [5, 5.41) is 0. The van der Waals surface area contributed by atoms with E-state index >= 15 is 0 Å². The Balaban J connectivity index is 2.29. The number of fused-ring (bicyclic) bond motifs is 1. The summed E-state index contributed by atoms with van der Waals surface area (Å²) >= 11 is 0. The molecule has 0 aromatic heterocycles. The van der Waals surface area contributed by atoms with E-state index in [0.717, 1.165) is 19.3 Å². The Morgan fingerprint density at radius 3 is 2.56 bits per heavy atom. The van der Waals surface area contributed by atoms with E-state index < -0.39 is 0 Å². The minimum atomic E-state index is -0.205. The molecule has 0 aromatic carbocycles. The van der Waals surface area contributed by atoms with Crippen LogP contribution in [0.3, 0.4) is 0 Å². The fourth-order valence-corrected chi connectivity index (χ4v) is 3.75. The molecule has 1 saturated heterocycles. The molecule has 2 nitrogen and oxygen atoms in total. The molecule has 0 unspecified atom stereocenters. The summed E-state index contributed by atoms with van der Waals surface area (Å²) in [6.07, 6.45) is 5.61. The summed E-state index contributed by atoms with van der Waals surface area (Å²) in [5.74, 6) is 0.628. The minimum Gasteiger partial charge on any atom is -0.459 e. The van der Waals surface area contributed by atoms with Gasteiger partial charge >= 0.3 is 5.97 Å². The maximum absolute atomic E-state index is 11.9. The molecule has 3 atom stereocenters. The van der Waals surface area contributed by atoms with Crippen molar-refractivity contribution in [3.05, 3.63) is 0 Å². The highest BCUT2D eigenvalue weighted by Crippen LogP contribution is 2.51. The zero-order chi connectivity index (χ0) is 12.0. The molecule has 0 amide bonds. The van der Waals surface area contributed by atoms with Crippen LogP contribution in [0, 0.1) is 17.3 Å². The first kappa shape index (κ1) is 11.9. The second-order valence-corrected chi connectivity index (χ2v) is 6.61. The summed E-state index contributed by atoms with van der Waals surface area (Å²) in [6.45, 7) is 8.81. The van der Waals surface area contributed by atoms with Crippen LogP contribution in [0.5, 0.6) is 0 Å². The van der Waals surface area contributed by atoms with E-state index in [9.17, 15) is 4.79 Å². The van der Waals surface area contributed by atoms with Gasteiger partial charge in [0.2, 0.25) is 0 Å². The van der Waals surface area contributed by atoms with E-state index in [0.29, 0.717) is 11.3 Å². The van der Waals surface area contributed by atoms with Gasteiger partial charge in [0.1, 0.15) is 5.60 Å². The highest BCUT2D eigenvalue weighted by Gasteiger charge is 2.50. The lowest BCUT2D eigenvalue weighted by Gasteiger charge is -2.49. The molecule has 2 rings (SSSR count). The zero-order valence-electron chi connectivity index (χ0n) is 11.0. The normalized spacial score (nSPS) is 43.1. The Kier molecular flexibility index (Phi) is 2.80. The zero-order valence-corrected chi connectivity index (χ0v) is 11.0. The molecule has 1 aliphatic heterocycles. The standard InChI is InChI=1S/C14H24O2/c1-10-6-7-11-13(2,3)8-5-9-14(11,4)16-12(10)15/h10-11H,5-9H2,1-4H3/t10-,11+,14+/m1/s1. The Hall–Kier alpha value is -0.530. The molecule has 16 heavy (non-hydrogen) atoms. The van der Waals surface area contributed by atoms with Gasteiger partial charge in [-0.05, 0) is 44.4 Å². The number of rotatable bonds is 0. The van der Waals surface area contributed by atoms with Crippen LogP contribution in [0.25, 0.3) is 0 Å². The lowest BCUT2D eigenvalue weighted by Crippen LogP contribution is -2.48. The Bertz CT molecular complexity index is 295. The van der Waals surface area contributed by atoms with Crippen LogP contribution in [0.2, 0.25) is 0 Å². The van der Waals surface area contributed by atoms with Crippen molar-refractivity contribution in [2.75, 3.05) is 0 Å². The molecule has 2 fully saturated rings. The van der Waals surface area contributed by atoms with Gasteiger partial charge in [-0.15, -0.1) is 0 Å². The molecule has 1 aliphatic carbocycles. The van der Waals surface area contributed by atoms with Gasteiger partial charge in [-0.25, -0.2) is 0 Å². The first-order valence-corrected chi connectivity index (χ1v) is 6.58. The number of ether oxygens (including phenoxy) is 1. The van der Waals surface area contributed by atoms with E-state index in [2.05, 4.69) is 20.8 Å². The van der Waals surface area contributed by atoms with Crippen molar-refractivity contribution in [1.29, 1.82) is 0 Å². The van der Waals surface area contributed by atoms with Crippen molar-refractivity contribution in [3.8, 4) is 0 Å². The van der Waals surface area contributed by atoms with Gasteiger partial charge in [-0.3, -0.25) is 4.79 Å². The molecule has 2 heteroatoms. The monoisotopic (exact) mass is 224 g/mol. The van der Waals surface area contributed by atoms with Gasteiger partial charge in [0.15, 0.2) is 0 Å². The van der Waals surface area contributed by atoms with Crippen molar-refractivity contribution >= 4 is 5.97 Å². The molecule has 0 N–H and O–H groups in total. The summed E-state index contributed by atoms with van der Waals surface area (Å²) in [7, 11) is 0. The largest absolute Gasteiger partial charge is 0.459 e. The summed E-state index contributed by atoms with van der Waals surface area (Å²) in [6, 6.07) is 0. The summed E-state index contributed by atoms with van der Waals surface area (Å²) in [5.41, 5.74) is 0.112. The van der Waals surface area contributed by atoms with Crippen molar-refractivity contribution in [2.45, 2.75) is 65.4 Å². The fraction of sp³-hybridized carbons (Fsp3) is 0.929. The predicted octanol–water partition coefficient (Wildman–Crippen LogP) is 3.54. The highest BCUT2D eigenvalue weighted by atomic mass is 16.6. The average Bonchev–Trinajstić information content (AvgIpc) is 2.24. The first-order valence-electron chi connectivity index (χ1n) is 6.58. The van der Waals surface area contributed by atoms with Gasteiger partial charge in [0.25, 0.3) is 0 Å². The van der Waals surface area contributed by atoms with Crippen LogP contribution < -0.4 is 0 Å². The summed E-state index contributed by atoms with van der Waals surface area (Å²) in [4.78, 5) is 11.9. The molecule has 1 saturated carbocycles. The van der Waals surface area contributed by atoms with Gasteiger partial charge in [-0.2, -0.15) is 0 Å². The van der Waals surface area contributed by atoms with E-state index in [1.807, 2.05) is 6.92 Å². The predicted molar refractivity (Wildman–Crippen MR) is 64.0 cm³/mol. The van der Waals surface area contributed by atoms with Crippen LogP contribution >= 0.6 is 0 Å². The number of carbonyl (C=O) groups is 1. The molecule has 0 aromatic rings. The van der Waals surface area contributed by atoms with E-state index in [1.54, 1.807) is 0 Å². The molecule has 0 radical (unpaired) electrons. The maximum Gasteiger partial charge on any atom is 0.309 e. The van der Waals surface area contributed by atoms with Gasteiger partial charge in [-0.1, -0.05) is 20.8 Å². The topological polar surface area (TPSA) is 26.3 Å². The molecule has 0 bridgehead atoms. The second-order valence-electron chi connectivity index (χ2n) is 6.61. The maximum atomic E-state index is 11.9. The minimum absolute atomic E-state index is 0.0164. The van der Waals surface area contributed by atoms with E-state index in [4.69, 9.17) is 4.74 Å². The van der Waals surface area contributed by atoms with Crippen LogP contribution in [0.1, 0.15) is 59.8 Å². The SMILES string of the molecule is C[C@@H]1CC[C@H]2C(C)(C)CCC[C@]2(C)OC1=O. The third-order valence-electron chi connectivity index (χ3n) is 4.80. The molecular formula is C14H24O2. The van der Waals surface area contributed by atoms with E-state index in [1.165, 1.54) is 12.8 Å².